The van der Waals surface area contributed by atoms with Crippen LogP contribution in [0.4, 0.5) is 0 Å². The first-order valence-corrected chi connectivity index (χ1v) is 25.6. The maximum Gasteiger partial charge on any atom is 0.306 e. The lowest BCUT2D eigenvalue weighted by Gasteiger charge is -2.28. The maximum absolute atomic E-state index is 12.8. The molecule has 0 spiro atoms. The van der Waals surface area contributed by atoms with Crippen molar-refractivity contribution in [2.75, 3.05) is 47.5 Å². The minimum Gasteiger partial charge on any atom is -0.756 e. The van der Waals surface area contributed by atoms with E-state index in [0.29, 0.717) is 30.3 Å². The third-order valence-corrected chi connectivity index (χ3v) is 12.2. The molecule has 11 nitrogen and oxygen atoms in total. The number of furan rings is 1. The zero-order chi connectivity index (χ0) is 45.5. The number of carbonyl (C=O) groups is 2. The van der Waals surface area contributed by atoms with Crippen LogP contribution in [0.15, 0.2) is 40.9 Å². The number of nitrogens with zero attached hydrogens (tertiary/aromatic N) is 1. The van der Waals surface area contributed by atoms with Crippen LogP contribution in [0.3, 0.4) is 0 Å². The Balaban J connectivity index is 1.64. The number of hydrogen-bond acceptors (Lipinski definition) is 10. The van der Waals surface area contributed by atoms with Gasteiger partial charge in [-0.25, -0.2) is 0 Å². The molecule has 4 atom stereocenters. The van der Waals surface area contributed by atoms with Gasteiger partial charge in [0.1, 0.15) is 31.3 Å². The van der Waals surface area contributed by atoms with E-state index in [-0.39, 0.29) is 38.3 Å². The van der Waals surface area contributed by atoms with Gasteiger partial charge in [-0.05, 0) is 89.2 Å². The van der Waals surface area contributed by atoms with Gasteiger partial charge in [0, 0.05) is 25.7 Å². The molecule has 0 amide bonds. The summed E-state index contributed by atoms with van der Waals surface area (Å²) in [5.74, 6) is 1.39. The van der Waals surface area contributed by atoms with Crippen molar-refractivity contribution in [3.63, 3.8) is 0 Å². The van der Waals surface area contributed by atoms with Crippen molar-refractivity contribution in [1.82, 2.24) is 0 Å². The molecule has 356 valence electrons. The summed E-state index contributed by atoms with van der Waals surface area (Å²) in [5, 5.41) is 0. The smallest absolute Gasteiger partial charge is 0.306 e. The first-order valence-electron chi connectivity index (χ1n) is 24.2. The molecule has 0 aromatic carbocycles. The number of ether oxygens (including phenoxy) is 3. The van der Waals surface area contributed by atoms with Crippen molar-refractivity contribution < 1.29 is 51.2 Å². The molecule has 1 aromatic heterocycles. The number of carbonyl (C=O) groups excluding carboxylic acids is 2. The maximum atomic E-state index is 12.8. The van der Waals surface area contributed by atoms with Gasteiger partial charge >= 0.3 is 11.9 Å². The summed E-state index contributed by atoms with van der Waals surface area (Å²) in [7, 11) is 1.10. The van der Waals surface area contributed by atoms with Crippen LogP contribution >= 0.6 is 7.82 Å². The summed E-state index contributed by atoms with van der Waals surface area (Å²) in [6, 6.07) is 0. The molecule has 0 bridgehead atoms. The number of epoxide rings is 1. The van der Waals surface area contributed by atoms with Gasteiger partial charge in [-0.3, -0.25) is 14.2 Å². The van der Waals surface area contributed by atoms with E-state index >= 15 is 0 Å². The number of allylic oxidation sites excluding steroid dienone is 4. The minimum atomic E-state index is -4.66. The fourth-order valence-corrected chi connectivity index (χ4v) is 7.77. The highest BCUT2D eigenvalue weighted by Gasteiger charge is 2.36. The standard InChI is InChI=1S/C50H86NO10P/c1-8-10-12-13-14-15-19-22-28-34-47-48(61-47)35-29-24-25-30-36-49(52)56-40-44(41-58-62(54,55)57-39-38-51(5,6)7)59-50(53)37-31-23-20-17-16-18-21-27-33-46-43(4)42(3)45(60-46)32-26-11-9-2/h14-15,22,24,28-29,44,47-48H,8-13,16-21,23,25-27,30-41H2,1-7H3/b15-14-,28-22-,29-24-/t44-,47?,48?/m1/s1. The van der Waals surface area contributed by atoms with Crippen LogP contribution in [0.25, 0.3) is 0 Å². The van der Waals surface area contributed by atoms with Crippen LogP contribution in [0.1, 0.15) is 178 Å². The monoisotopic (exact) mass is 892 g/mol. The van der Waals surface area contributed by atoms with Crippen molar-refractivity contribution in [2.45, 2.75) is 200 Å². The molecule has 1 aliphatic heterocycles. The number of likely N-dealkylation sites (N-methyl/N-ethyl adjacent to an activating group) is 1. The van der Waals surface area contributed by atoms with E-state index in [1.807, 2.05) is 21.1 Å². The minimum absolute atomic E-state index is 0.0501. The summed E-state index contributed by atoms with van der Waals surface area (Å²) >= 11 is 0. The lowest BCUT2D eigenvalue weighted by Crippen LogP contribution is -2.37. The normalized spacial score (nSPS) is 17.0. The van der Waals surface area contributed by atoms with Crippen molar-refractivity contribution in [1.29, 1.82) is 0 Å². The van der Waals surface area contributed by atoms with E-state index in [2.05, 4.69) is 64.2 Å². The molecule has 2 rings (SSSR count). The van der Waals surface area contributed by atoms with Crippen LogP contribution in [0, 0.1) is 13.8 Å². The summed E-state index contributed by atoms with van der Waals surface area (Å²) in [4.78, 5) is 37.8. The number of rotatable bonds is 39. The summed E-state index contributed by atoms with van der Waals surface area (Å²) in [5.41, 5.74) is 2.64. The lowest BCUT2D eigenvalue weighted by atomic mass is 10.0. The van der Waals surface area contributed by atoms with Crippen molar-refractivity contribution in [3.8, 4) is 0 Å². The molecular weight excluding hydrogens is 806 g/mol. The van der Waals surface area contributed by atoms with E-state index in [1.165, 1.54) is 68.3 Å². The van der Waals surface area contributed by atoms with Crippen LogP contribution < -0.4 is 4.89 Å². The Hall–Kier alpha value is -2.53. The van der Waals surface area contributed by atoms with Gasteiger partial charge in [0.05, 0.1) is 40.0 Å². The number of unbranched alkanes of at least 4 members (excludes halogenated alkanes) is 13. The molecule has 62 heavy (non-hydrogen) atoms. The average Bonchev–Trinajstić information content (AvgIpc) is 3.92. The second kappa shape index (κ2) is 33.0. The number of esters is 2. The predicted molar refractivity (Wildman–Crippen MR) is 248 cm³/mol. The number of hydrogen-bond donors (Lipinski definition) is 0. The second-order valence-corrected chi connectivity index (χ2v) is 19.5. The highest BCUT2D eigenvalue weighted by Crippen LogP contribution is 2.38. The predicted octanol–water partition coefficient (Wildman–Crippen LogP) is 11.7. The molecule has 0 radical (unpaired) electrons. The third-order valence-electron chi connectivity index (χ3n) is 11.3. The number of quaternary nitrogens is 1. The molecule has 1 fully saturated rings. The van der Waals surface area contributed by atoms with Crippen LogP contribution in [0.2, 0.25) is 0 Å². The fourth-order valence-electron chi connectivity index (χ4n) is 7.04. The number of phosphoric ester groups is 1. The van der Waals surface area contributed by atoms with Crippen molar-refractivity contribution in [2.24, 2.45) is 0 Å². The first-order chi connectivity index (χ1) is 29.7. The van der Waals surface area contributed by atoms with Crippen molar-refractivity contribution in [3.05, 3.63) is 59.1 Å². The summed E-state index contributed by atoms with van der Waals surface area (Å²) < 4.78 is 46.0. The van der Waals surface area contributed by atoms with Gasteiger partial charge in [-0.1, -0.05) is 115 Å². The van der Waals surface area contributed by atoms with Crippen molar-refractivity contribution >= 4 is 19.8 Å². The molecular formula is C50H86NO10P. The Bertz CT molecular complexity index is 1490. The molecule has 1 saturated heterocycles. The van der Waals surface area contributed by atoms with Crippen LogP contribution in [0.5, 0.6) is 0 Å². The third kappa shape index (κ3) is 28.3. The molecule has 1 aliphatic rings. The zero-order valence-corrected chi connectivity index (χ0v) is 40.9. The van der Waals surface area contributed by atoms with Gasteiger partial charge < -0.3 is 37.1 Å². The second-order valence-electron chi connectivity index (χ2n) is 18.1. The lowest BCUT2D eigenvalue weighted by molar-refractivity contribution is -0.870. The van der Waals surface area contributed by atoms with Crippen LogP contribution in [-0.4, -0.2) is 82.2 Å². The first kappa shape index (κ1) is 55.6. The van der Waals surface area contributed by atoms with E-state index in [4.69, 9.17) is 27.7 Å². The highest BCUT2D eigenvalue weighted by atomic mass is 31.2. The average molecular weight is 892 g/mol. The van der Waals surface area contributed by atoms with E-state index in [1.54, 1.807) is 0 Å². The highest BCUT2D eigenvalue weighted by molar-refractivity contribution is 7.45. The number of aryl methyl sites for hydroxylation is 2. The molecule has 12 heteroatoms. The molecule has 0 saturated carbocycles. The molecule has 2 heterocycles. The Morgan fingerprint density at radius 1 is 0.677 bits per heavy atom. The Morgan fingerprint density at radius 3 is 1.85 bits per heavy atom. The van der Waals surface area contributed by atoms with Crippen LogP contribution in [-0.2, 0) is 50.3 Å². The topological polar surface area (TPSA) is 137 Å². The van der Waals surface area contributed by atoms with Gasteiger partial charge in [0.15, 0.2) is 6.10 Å². The zero-order valence-electron chi connectivity index (χ0n) is 40.0. The summed E-state index contributed by atoms with van der Waals surface area (Å²) in [6.07, 6.45) is 35.9. The largest absolute Gasteiger partial charge is 0.756 e. The quantitative estimate of drug-likeness (QED) is 0.0157. The van der Waals surface area contributed by atoms with E-state index in [0.717, 1.165) is 76.4 Å². The number of phosphoric acid groups is 1. The molecule has 0 aliphatic carbocycles. The van der Waals surface area contributed by atoms with Gasteiger partial charge in [-0.2, -0.15) is 0 Å². The fraction of sp³-hybridized carbons (Fsp3) is 0.760. The SMILES string of the molecule is CCCCC/C=C\C/C=C\CC1OC1C/C=C\CCCC(=O)OC[C@H](COP(=O)([O-])OCC[N+](C)(C)C)OC(=O)CCCCCCCCCCc1oc(CCCCC)c(C)c1C. The molecule has 1 aromatic rings. The van der Waals surface area contributed by atoms with Gasteiger partial charge in [0.25, 0.3) is 7.82 Å². The molecule has 0 N–H and O–H groups in total. The molecule has 3 unspecified atom stereocenters. The Morgan fingerprint density at radius 2 is 1.21 bits per heavy atom. The van der Waals surface area contributed by atoms with E-state index < -0.39 is 32.5 Å². The van der Waals surface area contributed by atoms with Gasteiger partial charge in [-0.15, -0.1) is 0 Å². The van der Waals surface area contributed by atoms with Gasteiger partial charge in [0.2, 0.25) is 0 Å². The summed E-state index contributed by atoms with van der Waals surface area (Å²) in [6.45, 7) is 8.42. The Kier molecular flexibility index (Phi) is 29.6. The van der Waals surface area contributed by atoms with E-state index in [9.17, 15) is 19.0 Å². The Labute approximate surface area is 376 Å².